The zero-order valence-electron chi connectivity index (χ0n) is 14.0. The predicted molar refractivity (Wildman–Crippen MR) is 87.7 cm³/mol. The molecule has 2 heterocycles. The minimum atomic E-state index is -0.958. The molecule has 0 saturated heterocycles. The van der Waals surface area contributed by atoms with Gasteiger partial charge in [0.1, 0.15) is 24.1 Å². The van der Waals surface area contributed by atoms with E-state index in [-0.39, 0.29) is 22.6 Å². The van der Waals surface area contributed by atoms with E-state index in [2.05, 4.69) is 37.7 Å². The largest absolute Gasteiger partial charge is 0.246 e. The Morgan fingerprint density at radius 1 is 1.12 bits per heavy atom. The molecule has 0 N–H and O–H groups in total. The average molecular weight is 336 g/mol. The Bertz CT molecular complexity index is 739. The molecule has 128 valence electrons. The fourth-order valence-electron chi connectivity index (χ4n) is 2.62. The topological polar surface area (TPSA) is 31.2 Å². The smallest absolute Gasteiger partial charge is 0.241 e. The number of fused-ring (bicyclic) bond motifs is 1. The number of allylic oxidation sites excluding steroid dienone is 1. The lowest BCUT2D eigenvalue weighted by Gasteiger charge is -2.39. The van der Waals surface area contributed by atoms with Crippen LogP contribution < -0.4 is 0 Å². The van der Waals surface area contributed by atoms with Crippen LogP contribution in [0.2, 0.25) is 0 Å². The van der Waals surface area contributed by atoms with Crippen molar-refractivity contribution in [1.82, 2.24) is 10.0 Å². The van der Waals surface area contributed by atoms with E-state index >= 15 is 0 Å². The number of guanidine groups is 1. The first-order chi connectivity index (χ1) is 11.2. The number of hydrogen-bond donors (Lipinski definition) is 0. The predicted octanol–water partition coefficient (Wildman–Crippen LogP) is 3.81. The Morgan fingerprint density at radius 2 is 1.75 bits per heavy atom. The van der Waals surface area contributed by atoms with Gasteiger partial charge in [0, 0.05) is 36.2 Å². The van der Waals surface area contributed by atoms with Gasteiger partial charge in [-0.2, -0.15) is 5.01 Å². The summed E-state index contributed by atoms with van der Waals surface area (Å²) in [5, 5.41) is 3.68. The van der Waals surface area contributed by atoms with Gasteiger partial charge in [0.15, 0.2) is 0 Å². The molecule has 2 aliphatic rings. The Morgan fingerprint density at radius 3 is 2.33 bits per heavy atom. The molecule has 0 saturated carbocycles. The first-order valence-electron chi connectivity index (χ1n) is 7.69. The lowest BCUT2D eigenvalue weighted by atomic mass is 9.88. The lowest BCUT2D eigenvalue weighted by Crippen LogP contribution is -2.49. The Labute approximate surface area is 139 Å². The second-order valence-corrected chi connectivity index (χ2v) is 7.01. The third-order valence-corrected chi connectivity index (χ3v) is 4.42. The van der Waals surface area contributed by atoms with Crippen LogP contribution in [0.15, 0.2) is 28.3 Å². The minimum Gasteiger partial charge on any atom is -0.246 e. The molecule has 4 nitrogen and oxygen atoms in total. The third kappa shape index (κ3) is 2.84. The van der Waals surface area contributed by atoms with E-state index in [0.717, 1.165) is 0 Å². The summed E-state index contributed by atoms with van der Waals surface area (Å²) in [7, 11) is 0. The number of nitrogens with zero attached hydrogens (tertiary/aromatic N) is 4. The molecule has 0 fully saturated rings. The summed E-state index contributed by atoms with van der Waals surface area (Å²) < 4.78 is 41.2. The van der Waals surface area contributed by atoms with E-state index in [4.69, 9.17) is 0 Å². The quantitative estimate of drug-likeness (QED) is 0.822. The van der Waals surface area contributed by atoms with E-state index < -0.39 is 17.5 Å². The normalized spacial score (nSPS) is 19.2. The van der Waals surface area contributed by atoms with Crippen molar-refractivity contribution in [1.29, 1.82) is 0 Å². The fourth-order valence-corrected chi connectivity index (χ4v) is 2.62. The maximum Gasteiger partial charge on any atom is 0.241 e. The van der Waals surface area contributed by atoms with Crippen molar-refractivity contribution < 1.29 is 13.2 Å². The van der Waals surface area contributed by atoms with Crippen molar-refractivity contribution in [2.45, 2.75) is 33.7 Å². The molecule has 0 spiro atoms. The number of benzene rings is 1. The zero-order chi connectivity index (χ0) is 17.6. The number of aliphatic imine (C=N–C) groups is 2. The summed E-state index contributed by atoms with van der Waals surface area (Å²) in [4.78, 5) is 8.52. The molecule has 7 heteroatoms. The summed E-state index contributed by atoms with van der Waals surface area (Å²) in [5.41, 5.74) is -0.0848. The van der Waals surface area contributed by atoms with Gasteiger partial charge >= 0.3 is 0 Å². The summed E-state index contributed by atoms with van der Waals surface area (Å²) in [6.07, 6.45) is 2.93. The second kappa shape index (κ2) is 5.73. The molecule has 0 unspecified atom stereocenters. The molecule has 3 rings (SSSR count). The van der Waals surface area contributed by atoms with Crippen LogP contribution in [0, 0.1) is 22.9 Å². The van der Waals surface area contributed by atoms with E-state index in [9.17, 15) is 13.2 Å². The summed E-state index contributed by atoms with van der Waals surface area (Å²) in [5.74, 6) is -2.40. The molecule has 1 atom stereocenters. The molecular weight excluding hydrogens is 317 g/mol. The Balaban J connectivity index is 1.99. The minimum absolute atomic E-state index is 0.0213. The molecule has 0 aromatic heterocycles. The zero-order valence-corrected chi connectivity index (χ0v) is 14.0. The van der Waals surface area contributed by atoms with Crippen molar-refractivity contribution in [2.75, 3.05) is 6.67 Å². The molecule has 0 radical (unpaired) electrons. The van der Waals surface area contributed by atoms with Gasteiger partial charge in [-0.05, 0) is 12.3 Å². The molecule has 0 bridgehead atoms. The van der Waals surface area contributed by atoms with Crippen molar-refractivity contribution in [3.8, 4) is 0 Å². The molecule has 24 heavy (non-hydrogen) atoms. The third-order valence-electron chi connectivity index (χ3n) is 4.42. The van der Waals surface area contributed by atoms with E-state index in [1.807, 2.05) is 5.01 Å². The van der Waals surface area contributed by atoms with Gasteiger partial charge in [-0.3, -0.25) is 0 Å². The summed E-state index contributed by atoms with van der Waals surface area (Å²) in [6.45, 7) is 8.79. The standard InChI is InChI=1S/C17H19F3N4/c1-10(17(2,3)4)24-9-22-16-21-7-11(8-23(16)24)15-13(19)5-12(18)6-14(15)20/h5-8,10H,9H2,1-4H3/t10-/m1/s1. The SMILES string of the molecule is C[C@@H](N1CN=C2N=CC(c3c(F)cc(F)cc3F)=CN21)C(C)(C)C. The Kier molecular flexibility index (Phi) is 3.99. The van der Waals surface area contributed by atoms with Crippen molar-refractivity contribution >= 4 is 17.7 Å². The van der Waals surface area contributed by atoms with Gasteiger partial charge in [0.05, 0.1) is 5.56 Å². The maximum absolute atomic E-state index is 14.0. The highest BCUT2D eigenvalue weighted by molar-refractivity contribution is 6.16. The van der Waals surface area contributed by atoms with Crippen LogP contribution in [0.25, 0.3) is 5.57 Å². The van der Waals surface area contributed by atoms with Crippen molar-refractivity contribution in [3.05, 3.63) is 41.3 Å². The summed E-state index contributed by atoms with van der Waals surface area (Å²) in [6, 6.07) is 1.44. The highest BCUT2D eigenvalue weighted by Gasteiger charge is 2.35. The van der Waals surface area contributed by atoms with Gasteiger partial charge in [-0.1, -0.05) is 20.8 Å². The Hall–Kier alpha value is -2.15. The monoisotopic (exact) mass is 336 g/mol. The van der Waals surface area contributed by atoms with E-state index in [1.54, 1.807) is 11.2 Å². The van der Waals surface area contributed by atoms with Crippen LogP contribution in [0.1, 0.15) is 33.3 Å². The first kappa shape index (κ1) is 16.7. The van der Waals surface area contributed by atoms with Gasteiger partial charge in [-0.25, -0.2) is 28.2 Å². The molecule has 2 aliphatic heterocycles. The number of halogens is 3. The molecule has 1 aromatic carbocycles. The lowest BCUT2D eigenvalue weighted by molar-refractivity contribution is 0.0126. The second-order valence-electron chi connectivity index (χ2n) is 7.01. The van der Waals surface area contributed by atoms with Crippen LogP contribution in [-0.4, -0.2) is 34.9 Å². The molecule has 0 amide bonds. The van der Waals surface area contributed by atoms with Crippen LogP contribution in [0.3, 0.4) is 0 Å². The number of hydrogen-bond acceptors (Lipinski definition) is 4. The van der Waals surface area contributed by atoms with Gasteiger partial charge in [-0.15, -0.1) is 0 Å². The molecule has 0 aliphatic carbocycles. The molecule has 1 aromatic rings. The van der Waals surface area contributed by atoms with E-state index in [0.29, 0.717) is 24.8 Å². The highest BCUT2D eigenvalue weighted by Crippen LogP contribution is 2.31. The molecular formula is C17H19F3N4. The fraction of sp³-hybridized carbons (Fsp3) is 0.412. The van der Waals surface area contributed by atoms with Crippen LogP contribution in [0.4, 0.5) is 13.2 Å². The van der Waals surface area contributed by atoms with Gasteiger partial charge < -0.3 is 0 Å². The highest BCUT2D eigenvalue weighted by atomic mass is 19.1. The van der Waals surface area contributed by atoms with Gasteiger partial charge in [0.2, 0.25) is 5.96 Å². The van der Waals surface area contributed by atoms with Crippen molar-refractivity contribution in [2.24, 2.45) is 15.4 Å². The summed E-state index contributed by atoms with van der Waals surface area (Å²) >= 11 is 0. The van der Waals surface area contributed by atoms with Crippen LogP contribution in [0.5, 0.6) is 0 Å². The van der Waals surface area contributed by atoms with Crippen LogP contribution >= 0.6 is 0 Å². The maximum atomic E-state index is 14.0. The van der Waals surface area contributed by atoms with E-state index in [1.165, 1.54) is 6.21 Å². The first-order valence-corrected chi connectivity index (χ1v) is 7.69. The van der Waals surface area contributed by atoms with Crippen LogP contribution in [-0.2, 0) is 0 Å². The van der Waals surface area contributed by atoms with Gasteiger partial charge in [0.25, 0.3) is 0 Å². The van der Waals surface area contributed by atoms with Crippen molar-refractivity contribution in [3.63, 3.8) is 0 Å². The average Bonchev–Trinajstić information content (AvgIpc) is 2.87. The number of hydrazine groups is 1. The number of rotatable bonds is 2.